The fourth-order valence-corrected chi connectivity index (χ4v) is 3.83. The van der Waals surface area contributed by atoms with Crippen LogP contribution in [0.2, 0.25) is 0 Å². The van der Waals surface area contributed by atoms with Crippen LogP contribution in [0.15, 0.2) is 53.3 Å². The van der Waals surface area contributed by atoms with Crippen molar-refractivity contribution < 1.29 is 9.84 Å². The molecule has 0 bridgehead atoms. The lowest BCUT2D eigenvalue weighted by molar-refractivity contribution is 0.408. The summed E-state index contributed by atoms with van der Waals surface area (Å²) in [6, 6.07) is 14.7. The van der Waals surface area contributed by atoms with Gasteiger partial charge in [0, 0.05) is 12.6 Å². The van der Waals surface area contributed by atoms with Crippen molar-refractivity contribution in [3.8, 4) is 17.3 Å². The second-order valence-electron chi connectivity index (χ2n) is 6.37. The molecule has 27 heavy (non-hydrogen) atoms. The van der Waals surface area contributed by atoms with Crippen LogP contribution in [0, 0.1) is 4.77 Å². The standard InChI is InChI=1S/C20H19N3O3S/c1-26-14-7-4-6-13(11-14)23-19(25)16(18(24)22-20(23)27)17-15-8-3-2-5-12(15)9-10-21-17/h2-8,11,17,21,25H,9-10H2,1H3,(H,22,24,27)/t17-/m0/s1. The third kappa shape index (κ3) is 3.05. The highest BCUT2D eigenvalue weighted by Crippen LogP contribution is 2.32. The average Bonchev–Trinajstić information content (AvgIpc) is 2.68. The fourth-order valence-electron chi connectivity index (χ4n) is 3.55. The first-order chi connectivity index (χ1) is 13.1. The Balaban J connectivity index is 1.94. The van der Waals surface area contributed by atoms with Gasteiger partial charge < -0.3 is 15.2 Å². The van der Waals surface area contributed by atoms with Crippen molar-refractivity contribution in [3.05, 3.63) is 80.3 Å². The zero-order valence-electron chi connectivity index (χ0n) is 14.7. The lowest BCUT2D eigenvalue weighted by Gasteiger charge is -2.27. The maximum absolute atomic E-state index is 12.7. The van der Waals surface area contributed by atoms with Gasteiger partial charge in [-0.1, -0.05) is 30.3 Å². The van der Waals surface area contributed by atoms with Gasteiger partial charge in [0.15, 0.2) is 4.77 Å². The number of methoxy groups -OCH3 is 1. The third-order valence-corrected chi connectivity index (χ3v) is 5.11. The van der Waals surface area contributed by atoms with E-state index in [1.807, 2.05) is 24.3 Å². The molecule has 3 aromatic rings. The predicted molar refractivity (Wildman–Crippen MR) is 105 cm³/mol. The van der Waals surface area contributed by atoms with E-state index in [-0.39, 0.29) is 16.2 Å². The van der Waals surface area contributed by atoms with E-state index < -0.39 is 11.6 Å². The van der Waals surface area contributed by atoms with Crippen molar-refractivity contribution in [1.82, 2.24) is 14.9 Å². The monoisotopic (exact) mass is 381 g/mol. The van der Waals surface area contributed by atoms with E-state index in [1.54, 1.807) is 31.4 Å². The quantitative estimate of drug-likeness (QED) is 0.608. The summed E-state index contributed by atoms with van der Waals surface area (Å²) in [7, 11) is 1.57. The van der Waals surface area contributed by atoms with Crippen LogP contribution >= 0.6 is 12.2 Å². The van der Waals surface area contributed by atoms with Gasteiger partial charge >= 0.3 is 0 Å². The van der Waals surface area contributed by atoms with Crippen LogP contribution in [0.5, 0.6) is 11.6 Å². The minimum Gasteiger partial charge on any atom is -0.497 e. The van der Waals surface area contributed by atoms with Gasteiger partial charge in [-0.3, -0.25) is 14.3 Å². The summed E-state index contributed by atoms with van der Waals surface area (Å²) in [5.41, 5.74) is 2.61. The number of hydrogen-bond acceptors (Lipinski definition) is 5. The molecule has 1 atom stereocenters. The van der Waals surface area contributed by atoms with Gasteiger partial charge in [0.05, 0.1) is 24.4 Å². The molecule has 138 valence electrons. The number of aromatic amines is 1. The SMILES string of the molecule is COc1cccc(-n2c(O)c([C@H]3NCCc4ccccc43)c(=O)[nH]c2=S)c1. The maximum atomic E-state index is 12.7. The van der Waals surface area contributed by atoms with E-state index in [1.165, 1.54) is 4.57 Å². The third-order valence-electron chi connectivity index (χ3n) is 4.83. The summed E-state index contributed by atoms with van der Waals surface area (Å²) in [4.78, 5) is 15.4. The van der Waals surface area contributed by atoms with Crippen LogP contribution in [0.3, 0.4) is 0 Å². The molecular formula is C20H19N3O3S. The number of fused-ring (bicyclic) bond motifs is 1. The Morgan fingerprint density at radius 2 is 2.04 bits per heavy atom. The van der Waals surface area contributed by atoms with Crippen molar-refractivity contribution in [3.63, 3.8) is 0 Å². The summed E-state index contributed by atoms with van der Waals surface area (Å²) in [5, 5.41) is 14.4. The molecule has 0 fully saturated rings. The lowest BCUT2D eigenvalue weighted by Crippen LogP contribution is -2.35. The van der Waals surface area contributed by atoms with Crippen molar-refractivity contribution >= 4 is 12.2 Å². The Hall–Kier alpha value is -2.90. The van der Waals surface area contributed by atoms with Gasteiger partial charge in [-0.15, -0.1) is 0 Å². The van der Waals surface area contributed by atoms with E-state index in [2.05, 4.69) is 10.3 Å². The zero-order chi connectivity index (χ0) is 19.0. The Kier molecular flexibility index (Phi) is 4.55. The number of nitrogens with zero attached hydrogens (tertiary/aromatic N) is 1. The van der Waals surface area contributed by atoms with Crippen molar-refractivity contribution in [2.45, 2.75) is 12.5 Å². The summed E-state index contributed by atoms with van der Waals surface area (Å²) in [6.07, 6.45) is 0.875. The molecule has 7 heteroatoms. The number of aromatic nitrogens is 2. The van der Waals surface area contributed by atoms with Crippen molar-refractivity contribution in [1.29, 1.82) is 0 Å². The normalized spacial score (nSPS) is 16.0. The summed E-state index contributed by atoms with van der Waals surface area (Å²) < 4.78 is 6.84. The highest BCUT2D eigenvalue weighted by molar-refractivity contribution is 7.71. The fraction of sp³-hybridized carbons (Fsp3) is 0.200. The molecule has 0 aliphatic carbocycles. The van der Waals surface area contributed by atoms with E-state index in [0.717, 1.165) is 24.1 Å². The number of ether oxygens (including phenoxy) is 1. The molecule has 2 heterocycles. The minimum atomic E-state index is -0.411. The number of H-pyrrole nitrogens is 1. The van der Waals surface area contributed by atoms with E-state index in [4.69, 9.17) is 17.0 Å². The van der Waals surface area contributed by atoms with E-state index in [0.29, 0.717) is 11.4 Å². The first-order valence-electron chi connectivity index (χ1n) is 8.64. The van der Waals surface area contributed by atoms with Crippen LogP contribution in [0.25, 0.3) is 5.69 Å². The van der Waals surface area contributed by atoms with Gasteiger partial charge in [-0.25, -0.2) is 0 Å². The Morgan fingerprint density at radius 1 is 1.22 bits per heavy atom. The Morgan fingerprint density at radius 3 is 2.85 bits per heavy atom. The Bertz CT molecular complexity index is 1120. The highest BCUT2D eigenvalue weighted by Gasteiger charge is 2.28. The molecular weight excluding hydrogens is 362 g/mol. The number of aromatic hydroxyl groups is 1. The first-order valence-corrected chi connectivity index (χ1v) is 9.05. The maximum Gasteiger partial charge on any atom is 0.260 e. The van der Waals surface area contributed by atoms with Crippen molar-refractivity contribution in [2.24, 2.45) is 0 Å². The van der Waals surface area contributed by atoms with Gasteiger partial charge in [-0.2, -0.15) is 0 Å². The molecule has 1 aliphatic heterocycles. The van der Waals surface area contributed by atoms with Gasteiger partial charge in [-0.05, 0) is 41.9 Å². The number of hydrogen-bond donors (Lipinski definition) is 3. The molecule has 1 aromatic heterocycles. The molecule has 6 nitrogen and oxygen atoms in total. The molecule has 0 saturated heterocycles. The van der Waals surface area contributed by atoms with Crippen molar-refractivity contribution in [2.75, 3.05) is 13.7 Å². The predicted octanol–water partition coefficient (Wildman–Crippen LogP) is 2.84. The van der Waals surface area contributed by atoms with Crippen LogP contribution in [0.4, 0.5) is 0 Å². The van der Waals surface area contributed by atoms with E-state index >= 15 is 0 Å². The van der Waals surface area contributed by atoms with Gasteiger partial charge in [0.2, 0.25) is 5.88 Å². The first kappa shape index (κ1) is 17.5. The molecule has 0 radical (unpaired) electrons. The van der Waals surface area contributed by atoms with E-state index in [9.17, 15) is 9.90 Å². The summed E-state index contributed by atoms with van der Waals surface area (Å²) in [6.45, 7) is 0.718. The lowest BCUT2D eigenvalue weighted by atomic mass is 9.90. The molecule has 4 rings (SSSR count). The molecule has 0 spiro atoms. The summed E-state index contributed by atoms with van der Waals surface area (Å²) >= 11 is 5.31. The minimum absolute atomic E-state index is 0.124. The zero-order valence-corrected chi connectivity index (χ0v) is 15.5. The topological polar surface area (TPSA) is 79.3 Å². The Labute approximate surface area is 161 Å². The smallest absolute Gasteiger partial charge is 0.260 e. The molecule has 3 N–H and O–H groups in total. The molecule has 0 unspecified atom stereocenters. The van der Waals surface area contributed by atoms with Crippen LogP contribution in [-0.2, 0) is 6.42 Å². The largest absolute Gasteiger partial charge is 0.497 e. The molecule has 2 aromatic carbocycles. The second-order valence-corrected chi connectivity index (χ2v) is 6.76. The molecule has 0 amide bonds. The molecule has 0 saturated carbocycles. The van der Waals surface area contributed by atoms with Gasteiger partial charge in [0.1, 0.15) is 5.75 Å². The van der Waals surface area contributed by atoms with Crippen LogP contribution in [0.1, 0.15) is 22.7 Å². The second kappa shape index (κ2) is 7.02. The molecule has 1 aliphatic rings. The number of rotatable bonds is 3. The van der Waals surface area contributed by atoms with Crippen LogP contribution < -0.4 is 15.6 Å². The number of nitrogens with one attached hydrogen (secondary N) is 2. The average molecular weight is 381 g/mol. The number of benzene rings is 2. The highest BCUT2D eigenvalue weighted by atomic mass is 32.1. The summed E-state index contributed by atoms with van der Waals surface area (Å²) in [5.74, 6) is 0.453. The van der Waals surface area contributed by atoms with Gasteiger partial charge in [0.25, 0.3) is 5.56 Å². The van der Waals surface area contributed by atoms with Crippen LogP contribution in [-0.4, -0.2) is 28.3 Å².